The smallest absolute Gasteiger partial charge is 0.295 e. The number of ketones is 1. The van der Waals surface area contributed by atoms with Gasteiger partial charge in [-0.15, -0.1) is 0 Å². The molecule has 2 aromatic carbocycles. The molecule has 10 heteroatoms. The van der Waals surface area contributed by atoms with E-state index in [2.05, 4.69) is 11.9 Å². The summed E-state index contributed by atoms with van der Waals surface area (Å²) in [6, 6.07) is 9.51. The Morgan fingerprint density at radius 3 is 2.61 bits per heavy atom. The lowest BCUT2D eigenvalue weighted by atomic mass is 9.94. The van der Waals surface area contributed by atoms with E-state index in [-0.39, 0.29) is 11.3 Å². The van der Waals surface area contributed by atoms with Crippen molar-refractivity contribution >= 4 is 17.4 Å². The zero-order valence-corrected chi connectivity index (χ0v) is 23.4. The summed E-state index contributed by atoms with van der Waals surface area (Å²) in [4.78, 5) is 32.5. The molecule has 1 fully saturated rings. The molecular formula is C31H35N3O7. The lowest BCUT2D eigenvalue weighted by molar-refractivity contribution is -0.139. The predicted octanol–water partition coefficient (Wildman–Crippen LogP) is 4.74. The molecule has 0 bridgehead atoms. The van der Waals surface area contributed by atoms with Crippen molar-refractivity contribution in [1.29, 1.82) is 0 Å². The highest BCUT2D eigenvalue weighted by atomic mass is 16.6. The SMILES string of the molecule is CCCCCOc1ccc(C2/C(=C(/O)c3ccc4c(c3)OCCO4)C(=O)C(=O)N2CCCn2ccnc2)cc1OC. The first-order chi connectivity index (χ1) is 20.0. The zero-order valence-electron chi connectivity index (χ0n) is 23.4. The van der Waals surface area contributed by atoms with Gasteiger partial charge in [0.05, 0.1) is 31.7 Å². The number of benzene rings is 2. The minimum atomic E-state index is -0.825. The second kappa shape index (κ2) is 12.8. The number of Topliss-reactive ketones (excluding diaryl/α,β-unsaturated/α-hetero) is 1. The summed E-state index contributed by atoms with van der Waals surface area (Å²) in [5.74, 6) is 0.406. The molecule has 1 aromatic heterocycles. The number of unbranched alkanes of at least 4 members (excludes halogenated alkanes) is 2. The van der Waals surface area contributed by atoms with Crippen LogP contribution in [0, 0.1) is 0 Å². The Hall–Kier alpha value is -4.47. The van der Waals surface area contributed by atoms with Gasteiger partial charge in [0.15, 0.2) is 23.0 Å². The minimum Gasteiger partial charge on any atom is -0.507 e. The molecule has 1 amide bonds. The van der Waals surface area contributed by atoms with Crippen molar-refractivity contribution in [2.24, 2.45) is 0 Å². The van der Waals surface area contributed by atoms with Crippen molar-refractivity contribution < 1.29 is 33.6 Å². The number of methoxy groups -OCH3 is 1. The summed E-state index contributed by atoms with van der Waals surface area (Å²) in [5.41, 5.74) is 0.996. The Bertz CT molecular complexity index is 1420. The number of rotatable bonds is 12. The highest BCUT2D eigenvalue weighted by molar-refractivity contribution is 6.46. The quantitative estimate of drug-likeness (QED) is 0.146. The zero-order chi connectivity index (χ0) is 28.8. The molecule has 0 radical (unpaired) electrons. The third-order valence-corrected chi connectivity index (χ3v) is 7.24. The molecule has 1 saturated heterocycles. The second-order valence-corrected chi connectivity index (χ2v) is 9.97. The van der Waals surface area contributed by atoms with E-state index in [4.69, 9.17) is 18.9 Å². The lowest BCUT2D eigenvalue weighted by Crippen LogP contribution is -2.31. The van der Waals surface area contributed by atoms with Crippen LogP contribution in [0.4, 0.5) is 0 Å². The van der Waals surface area contributed by atoms with E-state index in [1.165, 1.54) is 4.90 Å². The maximum absolute atomic E-state index is 13.5. The van der Waals surface area contributed by atoms with E-state index in [9.17, 15) is 14.7 Å². The molecule has 1 unspecified atom stereocenters. The largest absolute Gasteiger partial charge is 0.507 e. The van der Waals surface area contributed by atoms with E-state index in [0.717, 1.165) is 19.3 Å². The maximum Gasteiger partial charge on any atom is 0.295 e. The van der Waals surface area contributed by atoms with Crippen LogP contribution in [-0.2, 0) is 16.1 Å². The van der Waals surface area contributed by atoms with Crippen molar-refractivity contribution in [3.63, 3.8) is 0 Å². The molecule has 0 saturated carbocycles. The van der Waals surface area contributed by atoms with Crippen molar-refractivity contribution in [2.75, 3.05) is 33.5 Å². The van der Waals surface area contributed by atoms with Crippen LogP contribution in [-0.4, -0.2) is 64.7 Å². The third kappa shape index (κ3) is 6.01. The average Bonchev–Trinajstić information content (AvgIpc) is 3.61. The molecule has 0 spiro atoms. The lowest BCUT2D eigenvalue weighted by Gasteiger charge is -2.26. The first-order valence-corrected chi connectivity index (χ1v) is 14.0. The van der Waals surface area contributed by atoms with Crippen LogP contribution in [0.3, 0.4) is 0 Å². The minimum absolute atomic E-state index is 0.00739. The monoisotopic (exact) mass is 561 g/mol. The Kier molecular flexibility index (Phi) is 8.76. The molecule has 2 aliphatic rings. The van der Waals surface area contributed by atoms with Crippen LogP contribution in [0.1, 0.15) is 49.8 Å². The summed E-state index contributed by atoms with van der Waals surface area (Å²) < 4.78 is 24.8. The van der Waals surface area contributed by atoms with Crippen LogP contribution >= 0.6 is 0 Å². The van der Waals surface area contributed by atoms with Crippen molar-refractivity contribution in [2.45, 2.75) is 45.2 Å². The number of aliphatic hydroxyl groups excluding tert-OH is 1. The molecule has 216 valence electrons. The average molecular weight is 562 g/mol. The number of ether oxygens (including phenoxy) is 4. The highest BCUT2D eigenvalue weighted by Crippen LogP contribution is 2.43. The molecular weight excluding hydrogens is 526 g/mol. The fraction of sp³-hybridized carbons (Fsp3) is 0.387. The first-order valence-electron chi connectivity index (χ1n) is 14.0. The van der Waals surface area contributed by atoms with E-state index in [1.807, 2.05) is 16.8 Å². The number of imidazole rings is 1. The number of amides is 1. The van der Waals surface area contributed by atoms with Gasteiger partial charge in [-0.2, -0.15) is 0 Å². The Labute approximate surface area is 239 Å². The topological polar surface area (TPSA) is 112 Å². The van der Waals surface area contributed by atoms with Gasteiger partial charge in [0.25, 0.3) is 11.7 Å². The molecule has 0 aliphatic carbocycles. The van der Waals surface area contributed by atoms with Crippen LogP contribution in [0.5, 0.6) is 23.0 Å². The summed E-state index contributed by atoms with van der Waals surface area (Å²) in [6.45, 7) is 4.41. The highest BCUT2D eigenvalue weighted by Gasteiger charge is 2.46. The summed E-state index contributed by atoms with van der Waals surface area (Å²) in [5, 5.41) is 11.5. The van der Waals surface area contributed by atoms with Gasteiger partial charge in [0, 0.05) is 31.0 Å². The normalized spacial score (nSPS) is 17.6. The number of carbonyl (C=O) groups excluding carboxylic acids is 2. The van der Waals surface area contributed by atoms with Gasteiger partial charge in [-0.05, 0) is 48.7 Å². The van der Waals surface area contributed by atoms with Gasteiger partial charge in [-0.1, -0.05) is 25.8 Å². The van der Waals surface area contributed by atoms with Crippen LogP contribution < -0.4 is 18.9 Å². The van der Waals surface area contributed by atoms with E-state index in [0.29, 0.717) is 73.5 Å². The Morgan fingerprint density at radius 2 is 1.85 bits per heavy atom. The number of carbonyl (C=O) groups is 2. The van der Waals surface area contributed by atoms with Crippen LogP contribution in [0.15, 0.2) is 60.7 Å². The molecule has 3 heterocycles. The third-order valence-electron chi connectivity index (χ3n) is 7.24. The van der Waals surface area contributed by atoms with Gasteiger partial charge in [-0.25, -0.2) is 4.98 Å². The summed E-state index contributed by atoms with van der Waals surface area (Å²) in [7, 11) is 1.55. The number of hydrogen-bond acceptors (Lipinski definition) is 8. The number of hydrogen-bond donors (Lipinski definition) is 1. The summed E-state index contributed by atoms with van der Waals surface area (Å²) in [6.07, 6.45) is 8.90. The maximum atomic E-state index is 13.5. The fourth-order valence-corrected chi connectivity index (χ4v) is 5.15. The van der Waals surface area contributed by atoms with E-state index < -0.39 is 17.7 Å². The molecule has 2 aliphatic heterocycles. The van der Waals surface area contributed by atoms with Crippen molar-refractivity contribution in [1.82, 2.24) is 14.5 Å². The Morgan fingerprint density at radius 1 is 1.02 bits per heavy atom. The van der Waals surface area contributed by atoms with Crippen molar-refractivity contribution in [3.05, 3.63) is 71.8 Å². The molecule has 10 nitrogen and oxygen atoms in total. The van der Waals surface area contributed by atoms with Gasteiger partial charge >= 0.3 is 0 Å². The van der Waals surface area contributed by atoms with Gasteiger partial charge in [0.1, 0.15) is 19.0 Å². The molecule has 1 atom stereocenters. The van der Waals surface area contributed by atoms with Gasteiger partial charge in [-0.3, -0.25) is 9.59 Å². The van der Waals surface area contributed by atoms with E-state index in [1.54, 1.807) is 50.0 Å². The van der Waals surface area contributed by atoms with Gasteiger partial charge in [0.2, 0.25) is 0 Å². The number of aliphatic hydroxyl groups is 1. The molecule has 3 aromatic rings. The van der Waals surface area contributed by atoms with Crippen molar-refractivity contribution in [3.8, 4) is 23.0 Å². The summed E-state index contributed by atoms with van der Waals surface area (Å²) >= 11 is 0. The number of aryl methyl sites for hydroxylation is 1. The first kappa shape index (κ1) is 28.1. The van der Waals surface area contributed by atoms with Crippen LogP contribution in [0.25, 0.3) is 5.76 Å². The standard InChI is InChI=1S/C31H35N3O7/c1-3-4-5-15-39-23-9-7-21(18-25(23)38-2)28-27(29(35)22-8-10-24-26(19-22)41-17-16-40-24)30(36)31(37)34(28)13-6-12-33-14-11-32-20-33/h7-11,14,18-20,28,35H,3-6,12-13,15-17H2,1-2H3/b29-27-. The number of fused-ring (bicyclic) bond motifs is 1. The van der Waals surface area contributed by atoms with Gasteiger partial charge < -0.3 is 33.5 Å². The number of likely N-dealkylation sites (tertiary alicyclic amines) is 1. The number of nitrogens with zero attached hydrogens (tertiary/aromatic N) is 3. The Balaban J connectivity index is 1.51. The van der Waals surface area contributed by atoms with E-state index >= 15 is 0 Å². The molecule has 1 N–H and O–H groups in total. The van der Waals surface area contributed by atoms with Crippen LogP contribution in [0.2, 0.25) is 0 Å². The number of aromatic nitrogens is 2. The predicted molar refractivity (Wildman–Crippen MR) is 151 cm³/mol. The molecule has 41 heavy (non-hydrogen) atoms. The second-order valence-electron chi connectivity index (χ2n) is 9.97. The fourth-order valence-electron chi connectivity index (χ4n) is 5.15. The molecule has 5 rings (SSSR count).